The molecule has 35 heavy (non-hydrogen) atoms. The number of aryl methyl sites for hydroxylation is 1. The van der Waals surface area contributed by atoms with Crippen molar-refractivity contribution >= 4 is 17.6 Å². The van der Waals surface area contributed by atoms with Gasteiger partial charge in [-0.25, -0.2) is 0 Å². The molecule has 1 fully saturated rings. The summed E-state index contributed by atoms with van der Waals surface area (Å²) in [6.45, 7) is 6.08. The number of rotatable bonds is 6. The van der Waals surface area contributed by atoms with Crippen molar-refractivity contribution in [2.45, 2.75) is 64.8 Å². The zero-order valence-corrected chi connectivity index (χ0v) is 20.4. The summed E-state index contributed by atoms with van der Waals surface area (Å²) in [5.41, 5.74) is 1.87. The first-order valence-corrected chi connectivity index (χ1v) is 12.1. The van der Waals surface area contributed by atoms with Gasteiger partial charge >= 0.3 is 0 Å². The summed E-state index contributed by atoms with van der Waals surface area (Å²) in [7, 11) is 0. The molecule has 1 aromatic carbocycles. The van der Waals surface area contributed by atoms with Crippen molar-refractivity contribution in [3.63, 3.8) is 0 Å². The van der Waals surface area contributed by atoms with Crippen molar-refractivity contribution in [1.82, 2.24) is 14.7 Å². The predicted octanol–water partition coefficient (Wildman–Crippen LogP) is 5.27. The van der Waals surface area contributed by atoms with Crippen LogP contribution in [-0.4, -0.2) is 21.3 Å². The Morgan fingerprint density at radius 3 is 2.71 bits per heavy atom. The Labute approximate surface area is 205 Å². The first kappa shape index (κ1) is 24.2. The van der Waals surface area contributed by atoms with Crippen molar-refractivity contribution in [3.8, 4) is 17.7 Å². The maximum absolute atomic E-state index is 13.4. The van der Waals surface area contributed by atoms with Gasteiger partial charge in [-0.05, 0) is 61.1 Å². The van der Waals surface area contributed by atoms with Crippen LogP contribution in [0.5, 0.6) is 11.6 Å². The van der Waals surface area contributed by atoms with E-state index in [0.29, 0.717) is 11.4 Å². The van der Waals surface area contributed by atoms with E-state index in [1.807, 2.05) is 31.2 Å². The van der Waals surface area contributed by atoms with Crippen molar-refractivity contribution in [2.24, 2.45) is 0 Å². The minimum atomic E-state index is -0.485. The molecule has 1 amide bonds. The Bertz CT molecular complexity index is 1380. The average molecular weight is 471 g/mol. The standard InChI is InChI=1S/C28H30N4O3/c1-18(2)22-13-12-19(3)15-24(22)35-27-23(28(34)32-14-8-7-11-25(32)31-27)16-20(17-29)26(33)30-21-9-5-4-6-10-21/h7-8,11-16,18,21H,4-6,9-10H2,1-3H3,(H,30,33). The Morgan fingerprint density at radius 1 is 1.23 bits per heavy atom. The van der Waals surface area contributed by atoms with Gasteiger partial charge in [0.15, 0.2) is 0 Å². The number of nitrogens with zero attached hydrogens (tertiary/aromatic N) is 3. The SMILES string of the molecule is Cc1ccc(C(C)C)c(Oc2nc3ccccn3c(=O)c2C=C(C#N)C(=O)NC2CCCCC2)c1. The summed E-state index contributed by atoms with van der Waals surface area (Å²) < 4.78 is 7.62. The second-order valence-electron chi connectivity index (χ2n) is 9.34. The number of pyridine rings is 1. The molecule has 0 radical (unpaired) electrons. The Kier molecular flexibility index (Phi) is 7.31. The Hall–Kier alpha value is -3.92. The van der Waals surface area contributed by atoms with E-state index in [4.69, 9.17) is 4.74 Å². The summed E-state index contributed by atoms with van der Waals surface area (Å²) >= 11 is 0. The smallest absolute Gasteiger partial charge is 0.269 e. The molecule has 0 atom stereocenters. The van der Waals surface area contributed by atoms with E-state index in [2.05, 4.69) is 24.1 Å². The topological polar surface area (TPSA) is 96.5 Å². The zero-order chi connectivity index (χ0) is 24.9. The summed E-state index contributed by atoms with van der Waals surface area (Å²) in [5.74, 6) is 0.349. The van der Waals surface area contributed by atoms with Gasteiger partial charge in [-0.3, -0.25) is 14.0 Å². The molecule has 2 aromatic heterocycles. The van der Waals surface area contributed by atoms with E-state index in [-0.39, 0.29) is 29.0 Å². The molecular weight excluding hydrogens is 440 g/mol. The minimum Gasteiger partial charge on any atom is -0.438 e. The fourth-order valence-electron chi connectivity index (χ4n) is 4.40. The molecule has 7 heteroatoms. The number of nitrogens with one attached hydrogen (secondary N) is 1. The maximum atomic E-state index is 13.4. The summed E-state index contributed by atoms with van der Waals surface area (Å²) in [4.78, 5) is 30.9. The van der Waals surface area contributed by atoms with E-state index in [1.54, 1.807) is 24.4 Å². The molecule has 1 aliphatic rings. The van der Waals surface area contributed by atoms with Crippen LogP contribution in [0.2, 0.25) is 0 Å². The van der Waals surface area contributed by atoms with Crippen LogP contribution in [0.25, 0.3) is 11.7 Å². The van der Waals surface area contributed by atoms with E-state index >= 15 is 0 Å². The number of aromatic nitrogens is 2. The summed E-state index contributed by atoms with van der Waals surface area (Å²) in [6.07, 6.45) is 7.96. The van der Waals surface area contributed by atoms with Gasteiger partial charge in [-0.1, -0.05) is 51.3 Å². The number of nitriles is 1. The predicted molar refractivity (Wildman–Crippen MR) is 135 cm³/mol. The molecule has 2 heterocycles. The number of carbonyl (C=O) groups is 1. The van der Waals surface area contributed by atoms with Gasteiger partial charge < -0.3 is 10.1 Å². The molecule has 1 aliphatic carbocycles. The van der Waals surface area contributed by atoms with Gasteiger partial charge in [0, 0.05) is 12.2 Å². The van der Waals surface area contributed by atoms with E-state index in [9.17, 15) is 14.9 Å². The number of benzene rings is 1. The lowest BCUT2D eigenvalue weighted by Gasteiger charge is -2.22. The van der Waals surface area contributed by atoms with Gasteiger partial charge in [0.1, 0.15) is 28.6 Å². The Morgan fingerprint density at radius 2 is 2.00 bits per heavy atom. The monoisotopic (exact) mass is 470 g/mol. The third kappa shape index (κ3) is 5.43. The second-order valence-corrected chi connectivity index (χ2v) is 9.34. The van der Waals surface area contributed by atoms with E-state index in [0.717, 1.165) is 43.2 Å². The number of ether oxygens (including phenoxy) is 1. The lowest BCUT2D eigenvalue weighted by molar-refractivity contribution is -0.117. The summed E-state index contributed by atoms with van der Waals surface area (Å²) in [5, 5.41) is 12.7. The van der Waals surface area contributed by atoms with Crippen LogP contribution in [0.15, 0.2) is 53.0 Å². The van der Waals surface area contributed by atoms with Crippen molar-refractivity contribution in [3.05, 3.63) is 75.2 Å². The van der Waals surface area contributed by atoms with Crippen LogP contribution in [-0.2, 0) is 4.79 Å². The van der Waals surface area contributed by atoms with E-state index < -0.39 is 11.5 Å². The maximum Gasteiger partial charge on any atom is 0.269 e. The zero-order valence-electron chi connectivity index (χ0n) is 20.4. The van der Waals surface area contributed by atoms with Crippen molar-refractivity contribution < 1.29 is 9.53 Å². The normalized spacial score (nSPS) is 14.7. The molecular formula is C28H30N4O3. The molecule has 3 aromatic rings. The van der Waals surface area contributed by atoms with Gasteiger partial charge in [-0.2, -0.15) is 10.2 Å². The molecule has 1 saturated carbocycles. The number of fused-ring (bicyclic) bond motifs is 1. The lowest BCUT2D eigenvalue weighted by Crippen LogP contribution is -2.36. The molecule has 0 aliphatic heterocycles. The number of hydrogen-bond donors (Lipinski definition) is 1. The number of amides is 1. The molecule has 0 spiro atoms. The van der Waals surface area contributed by atoms with Crippen LogP contribution in [0.4, 0.5) is 0 Å². The van der Waals surface area contributed by atoms with Crippen LogP contribution >= 0.6 is 0 Å². The largest absolute Gasteiger partial charge is 0.438 e. The lowest BCUT2D eigenvalue weighted by atomic mass is 9.95. The summed E-state index contributed by atoms with van der Waals surface area (Å²) in [6, 6.07) is 13.1. The van der Waals surface area contributed by atoms with Gasteiger partial charge in [0.25, 0.3) is 11.5 Å². The number of hydrogen-bond acceptors (Lipinski definition) is 5. The third-order valence-corrected chi connectivity index (χ3v) is 6.33. The quantitative estimate of drug-likeness (QED) is 0.391. The molecule has 0 bridgehead atoms. The fraction of sp³-hybridized carbons (Fsp3) is 0.357. The highest BCUT2D eigenvalue weighted by atomic mass is 16.5. The van der Waals surface area contributed by atoms with Crippen molar-refractivity contribution in [2.75, 3.05) is 0 Å². The van der Waals surface area contributed by atoms with Gasteiger partial charge in [-0.15, -0.1) is 0 Å². The second kappa shape index (κ2) is 10.6. The van der Waals surface area contributed by atoms with Crippen LogP contribution < -0.4 is 15.6 Å². The molecule has 4 rings (SSSR count). The van der Waals surface area contributed by atoms with Crippen LogP contribution in [0.3, 0.4) is 0 Å². The highest BCUT2D eigenvalue weighted by Crippen LogP contribution is 2.32. The molecule has 1 N–H and O–H groups in total. The Balaban J connectivity index is 1.81. The fourth-order valence-corrected chi connectivity index (χ4v) is 4.40. The third-order valence-electron chi connectivity index (χ3n) is 6.33. The number of carbonyl (C=O) groups excluding carboxylic acids is 1. The van der Waals surface area contributed by atoms with Crippen molar-refractivity contribution in [1.29, 1.82) is 5.26 Å². The highest BCUT2D eigenvalue weighted by molar-refractivity contribution is 6.02. The van der Waals surface area contributed by atoms with E-state index in [1.165, 1.54) is 10.5 Å². The van der Waals surface area contributed by atoms with Crippen LogP contribution in [0.1, 0.15) is 68.6 Å². The first-order chi connectivity index (χ1) is 16.9. The highest BCUT2D eigenvalue weighted by Gasteiger charge is 2.21. The molecule has 7 nitrogen and oxygen atoms in total. The average Bonchev–Trinajstić information content (AvgIpc) is 2.84. The molecule has 180 valence electrons. The minimum absolute atomic E-state index is 0.0421. The molecule has 0 unspecified atom stereocenters. The van der Waals surface area contributed by atoms with Gasteiger partial charge in [0.2, 0.25) is 5.88 Å². The van der Waals surface area contributed by atoms with Gasteiger partial charge in [0.05, 0.1) is 0 Å². The van der Waals surface area contributed by atoms with Crippen LogP contribution in [0, 0.1) is 18.3 Å². The first-order valence-electron chi connectivity index (χ1n) is 12.1. The molecule has 0 saturated heterocycles.